The van der Waals surface area contributed by atoms with Crippen molar-refractivity contribution < 1.29 is 19.1 Å². The lowest BCUT2D eigenvalue weighted by molar-refractivity contribution is -0.127. The molecule has 0 bridgehead atoms. The minimum absolute atomic E-state index is 0.0821. The zero-order valence-corrected chi connectivity index (χ0v) is 19.5. The summed E-state index contributed by atoms with van der Waals surface area (Å²) in [5, 5.41) is 8.39. The Morgan fingerprint density at radius 2 is 1.80 bits per heavy atom. The van der Waals surface area contributed by atoms with E-state index in [1.807, 2.05) is 54.6 Å². The quantitative estimate of drug-likeness (QED) is 0.529. The first-order chi connectivity index (χ1) is 17.1. The smallest absolute Gasteiger partial charge is 0.276 e. The highest BCUT2D eigenvalue weighted by Crippen LogP contribution is 2.27. The summed E-state index contributed by atoms with van der Waals surface area (Å²) in [5.41, 5.74) is 2.99. The molecular weight excluding hydrogens is 446 g/mol. The molecular formula is C26H27N5O4. The van der Waals surface area contributed by atoms with Gasteiger partial charge in [0.25, 0.3) is 5.91 Å². The van der Waals surface area contributed by atoms with Gasteiger partial charge in [-0.05, 0) is 29.3 Å². The van der Waals surface area contributed by atoms with E-state index in [0.29, 0.717) is 44.1 Å². The second-order valence-corrected chi connectivity index (χ2v) is 8.50. The highest BCUT2D eigenvalue weighted by molar-refractivity contribution is 5.94. The molecule has 180 valence electrons. The average molecular weight is 474 g/mol. The van der Waals surface area contributed by atoms with Crippen LogP contribution in [0.15, 0.2) is 60.7 Å². The van der Waals surface area contributed by atoms with Crippen molar-refractivity contribution >= 4 is 17.9 Å². The van der Waals surface area contributed by atoms with Gasteiger partial charge in [-0.25, -0.2) is 4.68 Å². The SMILES string of the molecule is COc1cccc(/C=C/C(=O)N2CCN(C(=O)c3nnn4c3COC(c3ccccc3)C4)CC2)c1. The van der Waals surface area contributed by atoms with Crippen molar-refractivity contribution in [2.45, 2.75) is 19.3 Å². The van der Waals surface area contributed by atoms with Crippen LogP contribution in [0.1, 0.15) is 33.4 Å². The molecule has 3 heterocycles. The Hall–Kier alpha value is -3.98. The van der Waals surface area contributed by atoms with E-state index in [9.17, 15) is 9.59 Å². The molecule has 2 amide bonds. The largest absolute Gasteiger partial charge is 0.497 e. The topological polar surface area (TPSA) is 89.8 Å². The van der Waals surface area contributed by atoms with Crippen molar-refractivity contribution in [2.24, 2.45) is 0 Å². The minimum atomic E-state index is -0.174. The zero-order chi connectivity index (χ0) is 24.2. The molecule has 0 spiro atoms. The normalized spacial score (nSPS) is 17.9. The number of carbonyl (C=O) groups excluding carboxylic acids is 2. The molecule has 1 unspecified atom stereocenters. The van der Waals surface area contributed by atoms with Crippen LogP contribution in [0.2, 0.25) is 0 Å². The number of carbonyl (C=O) groups is 2. The third-order valence-electron chi connectivity index (χ3n) is 6.36. The molecule has 1 atom stereocenters. The van der Waals surface area contributed by atoms with Crippen LogP contribution in [-0.4, -0.2) is 69.9 Å². The number of hydrogen-bond donors (Lipinski definition) is 0. The van der Waals surface area contributed by atoms with Crippen molar-refractivity contribution in [3.05, 3.63) is 83.2 Å². The van der Waals surface area contributed by atoms with E-state index in [-0.39, 0.29) is 24.5 Å². The lowest BCUT2D eigenvalue weighted by atomic mass is 10.1. The Morgan fingerprint density at radius 3 is 2.57 bits per heavy atom. The molecule has 5 rings (SSSR count). The molecule has 2 aromatic carbocycles. The van der Waals surface area contributed by atoms with Gasteiger partial charge >= 0.3 is 0 Å². The summed E-state index contributed by atoms with van der Waals surface area (Å²) in [6.07, 6.45) is 3.21. The lowest BCUT2D eigenvalue weighted by Gasteiger charge is -2.34. The number of amides is 2. The average Bonchev–Trinajstić information content (AvgIpc) is 3.35. The Labute approximate surface area is 203 Å². The van der Waals surface area contributed by atoms with Gasteiger partial charge in [-0.15, -0.1) is 5.10 Å². The molecule has 1 fully saturated rings. The lowest BCUT2D eigenvalue weighted by Crippen LogP contribution is -2.50. The minimum Gasteiger partial charge on any atom is -0.497 e. The summed E-state index contributed by atoms with van der Waals surface area (Å²) in [7, 11) is 1.61. The number of benzene rings is 2. The van der Waals surface area contributed by atoms with Crippen molar-refractivity contribution in [2.75, 3.05) is 33.3 Å². The molecule has 3 aromatic rings. The number of hydrogen-bond acceptors (Lipinski definition) is 6. The third kappa shape index (κ3) is 4.95. The van der Waals surface area contributed by atoms with Crippen LogP contribution in [0, 0.1) is 0 Å². The van der Waals surface area contributed by atoms with E-state index in [0.717, 1.165) is 16.9 Å². The van der Waals surface area contributed by atoms with Gasteiger partial charge in [-0.3, -0.25) is 9.59 Å². The van der Waals surface area contributed by atoms with Crippen LogP contribution in [0.25, 0.3) is 6.08 Å². The number of methoxy groups -OCH3 is 1. The number of fused-ring (bicyclic) bond motifs is 1. The summed E-state index contributed by atoms with van der Waals surface area (Å²) < 4.78 is 13.0. The fourth-order valence-corrected chi connectivity index (χ4v) is 4.34. The van der Waals surface area contributed by atoms with Crippen LogP contribution < -0.4 is 4.74 Å². The number of nitrogens with zero attached hydrogens (tertiary/aromatic N) is 5. The first kappa shape index (κ1) is 22.8. The molecule has 2 aliphatic rings. The Bertz CT molecular complexity index is 1230. The molecule has 0 N–H and O–H groups in total. The molecule has 35 heavy (non-hydrogen) atoms. The summed E-state index contributed by atoms with van der Waals surface area (Å²) in [4.78, 5) is 29.3. The molecule has 0 radical (unpaired) electrons. The molecule has 1 aromatic heterocycles. The number of piperazine rings is 1. The van der Waals surface area contributed by atoms with Gasteiger partial charge in [0.2, 0.25) is 5.91 Å². The summed E-state index contributed by atoms with van der Waals surface area (Å²) >= 11 is 0. The number of aromatic nitrogens is 3. The maximum atomic E-state index is 13.2. The highest BCUT2D eigenvalue weighted by atomic mass is 16.5. The van der Waals surface area contributed by atoms with Gasteiger partial charge in [-0.2, -0.15) is 0 Å². The van der Waals surface area contributed by atoms with Gasteiger partial charge in [0.15, 0.2) is 5.69 Å². The zero-order valence-electron chi connectivity index (χ0n) is 19.5. The summed E-state index contributed by atoms with van der Waals surface area (Å²) in [6.45, 7) is 2.60. The fraction of sp³-hybridized carbons (Fsp3) is 0.308. The van der Waals surface area contributed by atoms with E-state index < -0.39 is 0 Å². The molecule has 9 nitrogen and oxygen atoms in total. The van der Waals surface area contributed by atoms with Gasteiger partial charge in [0, 0.05) is 32.3 Å². The summed E-state index contributed by atoms with van der Waals surface area (Å²) in [5.74, 6) is 0.483. The first-order valence-corrected chi connectivity index (χ1v) is 11.6. The maximum Gasteiger partial charge on any atom is 0.276 e. The van der Waals surface area contributed by atoms with Gasteiger partial charge < -0.3 is 19.3 Å². The van der Waals surface area contributed by atoms with E-state index >= 15 is 0 Å². The summed E-state index contributed by atoms with van der Waals surface area (Å²) in [6, 6.07) is 17.5. The monoisotopic (exact) mass is 473 g/mol. The van der Waals surface area contributed by atoms with Crippen molar-refractivity contribution in [1.82, 2.24) is 24.8 Å². The van der Waals surface area contributed by atoms with Crippen LogP contribution in [0.5, 0.6) is 5.75 Å². The molecule has 0 saturated carbocycles. The predicted molar refractivity (Wildman–Crippen MR) is 129 cm³/mol. The Kier molecular flexibility index (Phi) is 6.58. The number of rotatable bonds is 5. The molecule has 9 heteroatoms. The third-order valence-corrected chi connectivity index (χ3v) is 6.36. The number of ether oxygens (including phenoxy) is 2. The van der Waals surface area contributed by atoms with Crippen LogP contribution >= 0.6 is 0 Å². The molecule has 1 saturated heterocycles. The fourth-order valence-electron chi connectivity index (χ4n) is 4.34. The van der Waals surface area contributed by atoms with E-state index in [4.69, 9.17) is 9.47 Å². The van der Waals surface area contributed by atoms with Crippen molar-refractivity contribution in [3.8, 4) is 5.75 Å². The van der Waals surface area contributed by atoms with Gasteiger partial charge in [0.1, 0.15) is 11.9 Å². The van der Waals surface area contributed by atoms with Gasteiger partial charge in [0.05, 0.1) is 26.0 Å². The Morgan fingerprint density at radius 1 is 1.03 bits per heavy atom. The van der Waals surface area contributed by atoms with E-state index in [1.165, 1.54) is 0 Å². The van der Waals surface area contributed by atoms with Crippen LogP contribution in [-0.2, 0) is 22.7 Å². The molecule has 2 aliphatic heterocycles. The van der Waals surface area contributed by atoms with E-state index in [2.05, 4.69) is 10.3 Å². The molecule has 0 aliphatic carbocycles. The van der Waals surface area contributed by atoms with Crippen molar-refractivity contribution in [1.29, 1.82) is 0 Å². The second-order valence-electron chi connectivity index (χ2n) is 8.50. The highest BCUT2D eigenvalue weighted by Gasteiger charge is 2.31. The van der Waals surface area contributed by atoms with E-state index in [1.54, 1.807) is 33.7 Å². The van der Waals surface area contributed by atoms with Crippen LogP contribution in [0.3, 0.4) is 0 Å². The first-order valence-electron chi connectivity index (χ1n) is 11.6. The van der Waals surface area contributed by atoms with Gasteiger partial charge in [-0.1, -0.05) is 47.7 Å². The standard InChI is InChI=1S/C26H27N5O4/c1-34-21-9-5-6-19(16-21)10-11-24(32)29-12-14-30(15-13-29)26(33)25-22-18-35-23(17-31(22)28-27-25)20-7-3-2-4-8-20/h2-11,16,23H,12-15,17-18H2,1H3/b11-10+. The maximum absolute atomic E-state index is 13.2. The second kappa shape index (κ2) is 10.1. The van der Waals surface area contributed by atoms with Crippen LogP contribution in [0.4, 0.5) is 0 Å². The predicted octanol–water partition coefficient (Wildman–Crippen LogP) is 2.56. The van der Waals surface area contributed by atoms with Crippen molar-refractivity contribution in [3.63, 3.8) is 0 Å². The Balaban J connectivity index is 1.18.